The monoisotopic (exact) mass is 365 g/mol. The third kappa shape index (κ3) is 3.28. The third-order valence-corrected chi connectivity index (χ3v) is 6.69. The van der Waals surface area contributed by atoms with Crippen molar-refractivity contribution in [1.29, 1.82) is 0 Å². The second kappa shape index (κ2) is 7.35. The number of hydrogen-bond acceptors (Lipinski definition) is 6. The number of likely N-dealkylation sites (tertiary alicyclic amines) is 1. The standard InChI is InChI=1S/C18H23NO3S2/c1-3-13-8-9-19(2)12-14(13)22-17(20)18(21,15-6-4-10-23-15)16-7-5-11-24-16/h4-7,10-11,13-14,21H,3,8-9,12H2,1-2H3. The Hall–Kier alpha value is -1.21. The van der Waals surface area contributed by atoms with Crippen LogP contribution in [0.15, 0.2) is 35.0 Å². The summed E-state index contributed by atoms with van der Waals surface area (Å²) in [7, 11) is 2.04. The average Bonchev–Trinajstić information content (AvgIpc) is 3.28. The number of thiophene rings is 2. The van der Waals surface area contributed by atoms with E-state index in [0.717, 1.165) is 25.9 Å². The van der Waals surface area contributed by atoms with Gasteiger partial charge in [0.2, 0.25) is 5.60 Å². The first-order valence-electron chi connectivity index (χ1n) is 8.25. The smallest absolute Gasteiger partial charge is 0.349 e. The fourth-order valence-corrected chi connectivity index (χ4v) is 4.95. The van der Waals surface area contributed by atoms with Crippen molar-refractivity contribution in [1.82, 2.24) is 4.90 Å². The summed E-state index contributed by atoms with van der Waals surface area (Å²) >= 11 is 2.74. The number of nitrogens with zero attached hydrogens (tertiary/aromatic N) is 1. The second-order valence-electron chi connectivity index (χ2n) is 6.33. The van der Waals surface area contributed by atoms with Crippen molar-refractivity contribution in [3.8, 4) is 0 Å². The Kier molecular flexibility index (Phi) is 5.39. The Morgan fingerprint density at radius 3 is 2.46 bits per heavy atom. The maximum atomic E-state index is 13.0. The molecule has 0 radical (unpaired) electrons. The van der Waals surface area contributed by atoms with Crippen molar-refractivity contribution in [2.45, 2.75) is 31.5 Å². The quantitative estimate of drug-likeness (QED) is 0.826. The molecule has 2 aromatic rings. The molecule has 1 fully saturated rings. The lowest BCUT2D eigenvalue weighted by Crippen LogP contribution is -2.47. The fraction of sp³-hybridized carbons (Fsp3) is 0.500. The molecule has 1 aliphatic rings. The lowest BCUT2D eigenvalue weighted by atomic mass is 9.91. The predicted octanol–water partition coefficient (Wildman–Crippen LogP) is 3.32. The molecule has 6 heteroatoms. The topological polar surface area (TPSA) is 49.8 Å². The number of ether oxygens (including phenoxy) is 1. The van der Waals surface area contributed by atoms with Crippen molar-refractivity contribution in [2.24, 2.45) is 5.92 Å². The first-order valence-corrected chi connectivity index (χ1v) is 10.0. The predicted molar refractivity (Wildman–Crippen MR) is 97.4 cm³/mol. The number of carbonyl (C=O) groups excluding carboxylic acids is 1. The maximum Gasteiger partial charge on any atom is 0.349 e. The second-order valence-corrected chi connectivity index (χ2v) is 8.22. The molecule has 3 rings (SSSR count). The minimum absolute atomic E-state index is 0.173. The van der Waals surface area contributed by atoms with E-state index in [9.17, 15) is 9.90 Å². The number of rotatable bonds is 5. The normalized spacial score (nSPS) is 22.5. The van der Waals surface area contributed by atoms with Gasteiger partial charge in [-0.2, -0.15) is 0 Å². The summed E-state index contributed by atoms with van der Waals surface area (Å²) in [6, 6.07) is 7.26. The summed E-state index contributed by atoms with van der Waals surface area (Å²) < 4.78 is 5.86. The van der Waals surface area contributed by atoms with Gasteiger partial charge in [0.05, 0.1) is 9.75 Å². The van der Waals surface area contributed by atoms with E-state index in [2.05, 4.69) is 11.8 Å². The molecule has 24 heavy (non-hydrogen) atoms. The van der Waals surface area contributed by atoms with Gasteiger partial charge in [-0.05, 0) is 55.2 Å². The van der Waals surface area contributed by atoms with Gasteiger partial charge < -0.3 is 14.7 Å². The third-order valence-electron chi connectivity index (χ3n) is 4.73. The molecule has 2 atom stereocenters. The average molecular weight is 366 g/mol. The minimum Gasteiger partial charge on any atom is -0.458 e. The van der Waals surface area contributed by atoms with Crippen molar-refractivity contribution < 1.29 is 14.6 Å². The highest BCUT2D eigenvalue weighted by molar-refractivity contribution is 7.12. The van der Waals surface area contributed by atoms with Crippen molar-refractivity contribution in [2.75, 3.05) is 20.1 Å². The molecule has 1 N–H and O–H groups in total. The van der Waals surface area contributed by atoms with Crippen LogP contribution in [0.4, 0.5) is 0 Å². The molecule has 0 amide bonds. The highest BCUT2D eigenvalue weighted by atomic mass is 32.1. The van der Waals surface area contributed by atoms with Crippen LogP contribution in [-0.4, -0.2) is 42.2 Å². The Labute approximate surface area is 150 Å². The summed E-state index contributed by atoms with van der Waals surface area (Å²) in [4.78, 5) is 16.4. The summed E-state index contributed by atoms with van der Waals surface area (Å²) in [6.45, 7) is 3.86. The van der Waals surface area contributed by atoms with Crippen LogP contribution < -0.4 is 0 Å². The lowest BCUT2D eigenvalue weighted by Gasteiger charge is -2.37. The summed E-state index contributed by atoms with van der Waals surface area (Å²) in [5.41, 5.74) is -1.71. The van der Waals surface area contributed by atoms with E-state index in [1.165, 1.54) is 22.7 Å². The molecule has 2 aromatic heterocycles. The van der Waals surface area contributed by atoms with Crippen LogP contribution in [0, 0.1) is 5.92 Å². The fourth-order valence-electron chi connectivity index (χ4n) is 3.23. The van der Waals surface area contributed by atoms with Gasteiger partial charge in [-0.25, -0.2) is 4.79 Å². The molecular weight excluding hydrogens is 342 g/mol. The van der Waals surface area contributed by atoms with Crippen molar-refractivity contribution >= 4 is 28.6 Å². The number of esters is 1. The van der Waals surface area contributed by atoms with Crippen LogP contribution in [0.3, 0.4) is 0 Å². The van der Waals surface area contributed by atoms with Gasteiger partial charge in [-0.3, -0.25) is 0 Å². The van der Waals surface area contributed by atoms with Crippen LogP contribution >= 0.6 is 22.7 Å². The van der Waals surface area contributed by atoms with Crippen molar-refractivity contribution in [3.63, 3.8) is 0 Å². The van der Waals surface area contributed by atoms with Crippen molar-refractivity contribution in [3.05, 3.63) is 44.8 Å². The SMILES string of the molecule is CCC1CCN(C)CC1OC(=O)C(O)(c1cccs1)c1cccs1. The molecule has 1 aliphatic heterocycles. The van der Waals surface area contributed by atoms with E-state index in [-0.39, 0.29) is 6.10 Å². The molecule has 0 spiro atoms. The van der Waals surface area contributed by atoms with Gasteiger partial charge >= 0.3 is 5.97 Å². The number of hydrogen-bond donors (Lipinski definition) is 1. The van der Waals surface area contributed by atoms with Crippen LogP contribution in [-0.2, 0) is 15.1 Å². The maximum absolute atomic E-state index is 13.0. The highest BCUT2D eigenvalue weighted by Crippen LogP contribution is 2.37. The summed E-state index contributed by atoms with van der Waals surface area (Å²) in [6.07, 6.45) is 1.82. The lowest BCUT2D eigenvalue weighted by molar-refractivity contribution is -0.173. The minimum atomic E-state index is -1.71. The first kappa shape index (κ1) is 17.6. The van der Waals surface area contributed by atoms with Gasteiger partial charge in [0, 0.05) is 6.54 Å². The van der Waals surface area contributed by atoms with Gasteiger partial charge in [-0.15, -0.1) is 22.7 Å². The van der Waals surface area contributed by atoms with E-state index >= 15 is 0 Å². The molecule has 3 heterocycles. The summed E-state index contributed by atoms with van der Waals surface area (Å²) in [5.74, 6) is -0.216. The molecule has 4 nitrogen and oxygen atoms in total. The van der Waals surface area contributed by atoms with Crippen LogP contribution in [0.2, 0.25) is 0 Å². The number of carbonyl (C=O) groups is 1. The van der Waals surface area contributed by atoms with Crippen LogP contribution in [0.5, 0.6) is 0 Å². The molecule has 0 aromatic carbocycles. The molecule has 130 valence electrons. The van der Waals surface area contributed by atoms with Gasteiger partial charge in [-0.1, -0.05) is 19.1 Å². The first-order chi connectivity index (χ1) is 11.6. The molecule has 0 bridgehead atoms. The zero-order chi connectivity index (χ0) is 17.2. The Bertz CT molecular complexity index is 620. The Balaban J connectivity index is 1.87. The van der Waals surface area contributed by atoms with Crippen LogP contribution in [0.1, 0.15) is 29.5 Å². The Morgan fingerprint density at radius 2 is 1.96 bits per heavy atom. The largest absolute Gasteiger partial charge is 0.458 e. The van der Waals surface area contributed by atoms with Crippen LogP contribution in [0.25, 0.3) is 0 Å². The molecule has 0 aliphatic carbocycles. The molecular formula is C18H23NO3S2. The van der Waals surface area contributed by atoms with Gasteiger partial charge in [0.15, 0.2) is 0 Å². The zero-order valence-corrected chi connectivity index (χ0v) is 15.6. The van der Waals surface area contributed by atoms with Gasteiger partial charge in [0.25, 0.3) is 0 Å². The highest BCUT2D eigenvalue weighted by Gasteiger charge is 2.45. The Morgan fingerprint density at radius 1 is 1.33 bits per heavy atom. The summed E-state index contributed by atoms with van der Waals surface area (Å²) in [5, 5.41) is 15.0. The number of piperidine rings is 1. The number of aliphatic hydroxyl groups is 1. The van der Waals surface area contributed by atoms with E-state index in [1.54, 1.807) is 12.1 Å². The van der Waals surface area contributed by atoms with E-state index in [1.807, 2.05) is 29.9 Å². The molecule has 0 saturated carbocycles. The molecule has 1 saturated heterocycles. The zero-order valence-electron chi connectivity index (χ0n) is 14.0. The number of likely N-dealkylation sites (N-methyl/N-ethyl adjacent to an activating group) is 1. The van der Waals surface area contributed by atoms with E-state index < -0.39 is 11.6 Å². The molecule has 2 unspecified atom stereocenters. The van der Waals surface area contributed by atoms with E-state index in [0.29, 0.717) is 15.7 Å². The van der Waals surface area contributed by atoms with E-state index in [4.69, 9.17) is 4.74 Å². The van der Waals surface area contributed by atoms with Gasteiger partial charge in [0.1, 0.15) is 6.10 Å².